The fraction of sp³-hybridized carbons (Fsp3) is 0.600. The van der Waals surface area contributed by atoms with Crippen LogP contribution in [0, 0.1) is 12.8 Å². The van der Waals surface area contributed by atoms with Gasteiger partial charge in [0.1, 0.15) is 5.75 Å². The van der Waals surface area contributed by atoms with E-state index in [0.717, 1.165) is 11.1 Å². The summed E-state index contributed by atoms with van der Waals surface area (Å²) in [5.74, 6) is 0.601. The van der Waals surface area contributed by atoms with Crippen molar-refractivity contribution in [2.24, 2.45) is 5.92 Å². The number of hydrogen-bond donors (Lipinski definition) is 3. The molecule has 0 unspecified atom stereocenters. The van der Waals surface area contributed by atoms with Crippen molar-refractivity contribution in [3.05, 3.63) is 28.8 Å². The van der Waals surface area contributed by atoms with E-state index < -0.39 is 6.10 Å². The second-order valence-corrected chi connectivity index (χ2v) is 5.63. The van der Waals surface area contributed by atoms with E-state index in [9.17, 15) is 15.3 Å². The zero-order valence-electron chi connectivity index (χ0n) is 11.2. The molecule has 18 heavy (non-hydrogen) atoms. The summed E-state index contributed by atoms with van der Waals surface area (Å²) in [5.41, 5.74) is 3.04. The van der Waals surface area contributed by atoms with Crippen molar-refractivity contribution in [3.8, 4) is 5.75 Å². The molecule has 3 N–H and O–H groups in total. The minimum atomic E-state index is -0.404. The molecule has 1 aromatic rings. The molecule has 0 radical (unpaired) electrons. The quantitative estimate of drug-likeness (QED) is 0.754. The number of phenolic OH excluding ortho intramolecular Hbond substituents is 1. The van der Waals surface area contributed by atoms with Crippen LogP contribution in [0.1, 0.15) is 48.8 Å². The molecule has 0 saturated heterocycles. The number of rotatable bonds is 2. The smallest absolute Gasteiger partial charge is 0.118 e. The average Bonchev–Trinajstić information content (AvgIpc) is 2.35. The van der Waals surface area contributed by atoms with Gasteiger partial charge in [-0.05, 0) is 47.9 Å². The Hall–Kier alpha value is -1.06. The molecule has 3 nitrogen and oxygen atoms in total. The van der Waals surface area contributed by atoms with Crippen LogP contribution in [-0.4, -0.2) is 28.0 Å². The van der Waals surface area contributed by atoms with E-state index in [0.29, 0.717) is 6.42 Å². The van der Waals surface area contributed by atoms with Gasteiger partial charge in [0, 0.05) is 12.5 Å². The first-order chi connectivity index (χ1) is 8.45. The van der Waals surface area contributed by atoms with Crippen LogP contribution in [0.15, 0.2) is 12.1 Å². The van der Waals surface area contributed by atoms with Crippen molar-refractivity contribution >= 4 is 0 Å². The molecular weight excluding hydrogens is 228 g/mol. The van der Waals surface area contributed by atoms with E-state index in [-0.39, 0.29) is 30.1 Å². The summed E-state index contributed by atoms with van der Waals surface area (Å²) in [4.78, 5) is 0. The molecule has 1 aromatic carbocycles. The van der Waals surface area contributed by atoms with Gasteiger partial charge in [0.15, 0.2) is 0 Å². The predicted octanol–water partition coefficient (Wildman–Crippen LogP) is 2.28. The number of fused-ring (bicyclic) bond motifs is 1. The van der Waals surface area contributed by atoms with Gasteiger partial charge in [0.25, 0.3) is 0 Å². The van der Waals surface area contributed by atoms with Gasteiger partial charge in [-0.2, -0.15) is 0 Å². The van der Waals surface area contributed by atoms with E-state index in [1.807, 2.05) is 26.8 Å². The Morgan fingerprint density at radius 3 is 2.61 bits per heavy atom. The van der Waals surface area contributed by atoms with Crippen molar-refractivity contribution in [2.45, 2.75) is 45.1 Å². The third-order valence-corrected chi connectivity index (χ3v) is 4.34. The molecule has 1 aliphatic rings. The third-order valence-electron chi connectivity index (χ3n) is 4.34. The summed E-state index contributed by atoms with van der Waals surface area (Å²) < 4.78 is 0. The van der Waals surface area contributed by atoms with Gasteiger partial charge >= 0.3 is 0 Å². The Morgan fingerprint density at radius 1 is 1.33 bits per heavy atom. The largest absolute Gasteiger partial charge is 0.508 e. The monoisotopic (exact) mass is 250 g/mol. The van der Waals surface area contributed by atoms with Crippen LogP contribution in [0.2, 0.25) is 0 Å². The van der Waals surface area contributed by atoms with E-state index >= 15 is 0 Å². The van der Waals surface area contributed by atoms with Gasteiger partial charge in [0.2, 0.25) is 0 Å². The molecule has 0 fully saturated rings. The number of aliphatic hydroxyl groups excluding tert-OH is 2. The molecule has 2 rings (SSSR count). The first-order valence-corrected chi connectivity index (χ1v) is 6.58. The Labute approximate surface area is 108 Å². The lowest BCUT2D eigenvalue weighted by Gasteiger charge is -2.36. The molecule has 0 aliphatic heterocycles. The molecule has 0 heterocycles. The lowest BCUT2D eigenvalue weighted by molar-refractivity contribution is 0.100. The molecule has 0 amide bonds. The summed E-state index contributed by atoms with van der Waals surface area (Å²) in [6.07, 6.45) is 0.277. The standard InChI is InChI=1S/C15H22O3/c1-8-4-13-11(9(2)7-16)5-15(18)10(3)12(13)6-14(8)17/h4,6,9-11,15-18H,5,7H2,1-3H3/t9-,10-,11+,15-/m1/s1. The lowest BCUT2D eigenvalue weighted by Crippen LogP contribution is -2.30. The number of aryl methyl sites for hydroxylation is 1. The van der Waals surface area contributed by atoms with Crippen LogP contribution >= 0.6 is 0 Å². The molecule has 0 aromatic heterocycles. The Balaban J connectivity index is 2.52. The maximum absolute atomic E-state index is 10.1. The normalized spacial score (nSPS) is 28.8. The Bertz CT molecular complexity index is 442. The zero-order chi connectivity index (χ0) is 13.4. The maximum Gasteiger partial charge on any atom is 0.118 e. The maximum atomic E-state index is 10.1. The van der Waals surface area contributed by atoms with Gasteiger partial charge in [-0.1, -0.05) is 19.9 Å². The van der Waals surface area contributed by atoms with Crippen LogP contribution in [0.3, 0.4) is 0 Å². The van der Waals surface area contributed by atoms with Crippen LogP contribution in [0.4, 0.5) is 0 Å². The molecular formula is C15H22O3. The fourth-order valence-electron chi connectivity index (χ4n) is 2.92. The minimum Gasteiger partial charge on any atom is -0.508 e. The summed E-state index contributed by atoms with van der Waals surface area (Å²) in [6, 6.07) is 3.78. The predicted molar refractivity (Wildman–Crippen MR) is 70.9 cm³/mol. The molecule has 3 heteroatoms. The summed E-state index contributed by atoms with van der Waals surface area (Å²) in [7, 11) is 0. The summed E-state index contributed by atoms with van der Waals surface area (Å²) >= 11 is 0. The van der Waals surface area contributed by atoms with Crippen LogP contribution in [0.5, 0.6) is 5.75 Å². The molecule has 0 saturated carbocycles. The Morgan fingerprint density at radius 2 is 2.00 bits per heavy atom. The summed E-state index contributed by atoms with van der Waals surface area (Å²) in [6.45, 7) is 5.98. The lowest BCUT2D eigenvalue weighted by atomic mass is 9.71. The second-order valence-electron chi connectivity index (χ2n) is 5.63. The van der Waals surface area contributed by atoms with Crippen LogP contribution < -0.4 is 0 Å². The van der Waals surface area contributed by atoms with Crippen molar-refractivity contribution in [3.63, 3.8) is 0 Å². The second kappa shape index (κ2) is 4.90. The average molecular weight is 250 g/mol. The van der Waals surface area contributed by atoms with Gasteiger partial charge in [-0.15, -0.1) is 0 Å². The van der Waals surface area contributed by atoms with E-state index in [1.54, 1.807) is 6.07 Å². The minimum absolute atomic E-state index is 0.0358. The van der Waals surface area contributed by atoms with Crippen LogP contribution in [0.25, 0.3) is 0 Å². The highest BCUT2D eigenvalue weighted by atomic mass is 16.3. The van der Waals surface area contributed by atoms with Crippen molar-refractivity contribution in [1.82, 2.24) is 0 Å². The van der Waals surface area contributed by atoms with Gasteiger partial charge in [0.05, 0.1) is 6.10 Å². The van der Waals surface area contributed by atoms with Gasteiger partial charge < -0.3 is 15.3 Å². The number of phenols is 1. The van der Waals surface area contributed by atoms with E-state index in [2.05, 4.69) is 0 Å². The molecule has 4 atom stereocenters. The highest BCUT2D eigenvalue weighted by Gasteiger charge is 2.34. The molecule has 0 bridgehead atoms. The van der Waals surface area contributed by atoms with Crippen molar-refractivity contribution < 1.29 is 15.3 Å². The molecule has 100 valence electrons. The topological polar surface area (TPSA) is 60.7 Å². The summed E-state index contributed by atoms with van der Waals surface area (Å²) in [5, 5.41) is 29.3. The number of benzene rings is 1. The van der Waals surface area contributed by atoms with Gasteiger partial charge in [-0.25, -0.2) is 0 Å². The van der Waals surface area contributed by atoms with E-state index in [4.69, 9.17) is 0 Å². The van der Waals surface area contributed by atoms with Crippen LogP contribution in [-0.2, 0) is 0 Å². The first-order valence-electron chi connectivity index (χ1n) is 6.58. The number of aliphatic hydroxyl groups is 2. The van der Waals surface area contributed by atoms with E-state index in [1.165, 1.54) is 5.56 Å². The van der Waals surface area contributed by atoms with Crippen molar-refractivity contribution in [2.75, 3.05) is 6.61 Å². The molecule has 1 aliphatic carbocycles. The zero-order valence-corrected chi connectivity index (χ0v) is 11.2. The first kappa shape index (κ1) is 13.4. The van der Waals surface area contributed by atoms with Crippen molar-refractivity contribution in [1.29, 1.82) is 0 Å². The number of hydrogen-bond acceptors (Lipinski definition) is 3. The number of aromatic hydroxyl groups is 1. The molecule has 0 spiro atoms. The Kier molecular flexibility index (Phi) is 3.64. The third kappa shape index (κ3) is 2.13. The highest BCUT2D eigenvalue weighted by molar-refractivity contribution is 5.46. The SMILES string of the molecule is Cc1cc2c(cc1O)[C@@H](C)[C@H](O)C[C@H]2[C@H](C)CO. The van der Waals surface area contributed by atoms with Gasteiger partial charge in [-0.3, -0.25) is 0 Å². The highest BCUT2D eigenvalue weighted by Crippen LogP contribution is 2.44. The fourth-order valence-corrected chi connectivity index (χ4v) is 2.92.